The number of carbonyl (C=O) groups is 2. The maximum absolute atomic E-state index is 12.9. The van der Waals surface area contributed by atoms with Crippen LogP contribution in [0.1, 0.15) is 63.8 Å². The third-order valence-corrected chi connectivity index (χ3v) is 8.00. The minimum Gasteiger partial charge on any atom is -0.379 e. The lowest BCUT2D eigenvalue weighted by molar-refractivity contribution is -0.137. The first-order chi connectivity index (χ1) is 17.2. The van der Waals surface area contributed by atoms with E-state index < -0.39 is 17.6 Å². The number of rotatable bonds is 8. The molecule has 1 saturated heterocycles. The van der Waals surface area contributed by atoms with E-state index in [2.05, 4.69) is 20.5 Å². The molecule has 1 aromatic heterocycles. The van der Waals surface area contributed by atoms with Crippen LogP contribution in [0.3, 0.4) is 0 Å². The van der Waals surface area contributed by atoms with Gasteiger partial charge in [0.05, 0.1) is 28.6 Å². The largest absolute Gasteiger partial charge is 0.416 e. The molecule has 2 amide bonds. The van der Waals surface area contributed by atoms with Crippen molar-refractivity contribution in [3.05, 3.63) is 51.5 Å². The maximum Gasteiger partial charge on any atom is 0.416 e. The van der Waals surface area contributed by atoms with Gasteiger partial charge in [0.25, 0.3) is 5.91 Å². The molecule has 1 saturated carbocycles. The zero-order valence-electron chi connectivity index (χ0n) is 20.1. The fraction of sp³-hybridized carbons (Fsp3) is 0.560. The summed E-state index contributed by atoms with van der Waals surface area (Å²) in [5.41, 5.74) is -1.03. The lowest BCUT2D eigenvalue weighted by Gasteiger charge is -2.34. The zero-order chi connectivity index (χ0) is 25.7. The first-order valence-corrected chi connectivity index (χ1v) is 13.0. The highest BCUT2D eigenvalue weighted by atomic mass is 32.1. The van der Waals surface area contributed by atoms with Crippen molar-refractivity contribution in [2.75, 3.05) is 26.7 Å². The molecule has 1 aliphatic heterocycles. The number of nitrogens with zero attached hydrogens (tertiary/aromatic N) is 2. The molecule has 2 fully saturated rings. The smallest absolute Gasteiger partial charge is 0.379 e. The van der Waals surface area contributed by atoms with E-state index >= 15 is 0 Å². The molecule has 1 aromatic carbocycles. The Morgan fingerprint density at radius 2 is 1.97 bits per heavy atom. The Hall–Kier alpha value is -2.50. The molecule has 2 aliphatic rings. The normalized spacial score (nSPS) is 22.9. The summed E-state index contributed by atoms with van der Waals surface area (Å²) >= 11 is 1.73. The molecule has 2 N–H and O–H groups in total. The summed E-state index contributed by atoms with van der Waals surface area (Å²) in [6.07, 6.45) is 2.59. The molecule has 0 spiro atoms. The first-order valence-electron chi connectivity index (χ1n) is 12.2. The van der Waals surface area contributed by atoms with Gasteiger partial charge in [-0.3, -0.25) is 14.5 Å². The summed E-state index contributed by atoms with van der Waals surface area (Å²) < 4.78 is 43.8. The third kappa shape index (κ3) is 6.83. The maximum atomic E-state index is 12.9. The average molecular weight is 525 g/mol. The number of aromatic nitrogens is 1. The minimum atomic E-state index is -4.53. The second-order valence-corrected chi connectivity index (χ2v) is 10.6. The zero-order valence-corrected chi connectivity index (χ0v) is 21.0. The second kappa shape index (κ2) is 11.7. The number of alkyl halides is 3. The van der Waals surface area contributed by atoms with Crippen molar-refractivity contribution in [2.24, 2.45) is 0 Å². The Bertz CT molecular complexity index is 1050. The third-order valence-electron chi connectivity index (χ3n) is 6.87. The van der Waals surface area contributed by atoms with Gasteiger partial charge in [-0.05, 0) is 50.3 Å². The monoisotopic (exact) mass is 524 g/mol. The van der Waals surface area contributed by atoms with Gasteiger partial charge in [-0.2, -0.15) is 13.2 Å². The van der Waals surface area contributed by atoms with Crippen LogP contribution in [-0.4, -0.2) is 60.5 Å². The molecule has 36 heavy (non-hydrogen) atoms. The number of halogens is 3. The predicted octanol–water partition coefficient (Wildman–Crippen LogP) is 3.96. The van der Waals surface area contributed by atoms with Gasteiger partial charge in [0, 0.05) is 50.0 Å². The number of methoxy groups -OCH3 is 1. The van der Waals surface area contributed by atoms with Crippen molar-refractivity contribution in [1.29, 1.82) is 0 Å². The Morgan fingerprint density at radius 3 is 2.69 bits per heavy atom. The highest BCUT2D eigenvalue weighted by molar-refractivity contribution is 7.11. The molecule has 196 valence electrons. The Balaban J connectivity index is 1.18. The molecule has 0 unspecified atom stereocenters. The van der Waals surface area contributed by atoms with Crippen molar-refractivity contribution in [2.45, 2.75) is 62.9 Å². The van der Waals surface area contributed by atoms with E-state index in [1.165, 1.54) is 17.1 Å². The Labute approximate surface area is 212 Å². The van der Waals surface area contributed by atoms with Gasteiger partial charge in [-0.1, -0.05) is 6.07 Å². The molecule has 1 aliphatic carbocycles. The SMILES string of the molecule is COCc1cnc(C2CCC(N3CC[C@@H](NC(=O)CNC(=O)c4cccc(C(F)(F)F)c4)C3)CC2)s1. The number of nitrogens with one attached hydrogen (secondary N) is 2. The van der Waals surface area contributed by atoms with Gasteiger partial charge in [-0.15, -0.1) is 11.3 Å². The van der Waals surface area contributed by atoms with Crippen LogP contribution in [0.5, 0.6) is 0 Å². The number of carbonyl (C=O) groups excluding carboxylic acids is 2. The van der Waals surface area contributed by atoms with Crippen LogP contribution in [-0.2, 0) is 22.3 Å². The molecule has 7 nitrogen and oxygen atoms in total. The van der Waals surface area contributed by atoms with E-state index in [4.69, 9.17) is 4.74 Å². The highest BCUT2D eigenvalue weighted by Crippen LogP contribution is 2.37. The molecule has 2 heterocycles. The van der Waals surface area contributed by atoms with E-state index in [1.807, 2.05) is 6.20 Å². The van der Waals surface area contributed by atoms with E-state index in [-0.39, 0.29) is 24.1 Å². The van der Waals surface area contributed by atoms with Crippen LogP contribution in [0.25, 0.3) is 0 Å². The quantitative estimate of drug-likeness (QED) is 0.547. The molecule has 4 rings (SSSR count). The van der Waals surface area contributed by atoms with Crippen LogP contribution in [0, 0.1) is 0 Å². The average Bonchev–Trinajstić information content (AvgIpc) is 3.52. The predicted molar refractivity (Wildman–Crippen MR) is 130 cm³/mol. The summed E-state index contributed by atoms with van der Waals surface area (Å²) in [7, 11) is 1.69. The lowest BCUT2D eigenvalue weighted by Crippen LogP contribution is -2.44. The van der Waals surface area contributed by atoms with Gasteiger partial charge in [0.15, 0.2) is 0 Å². The summed E-state index contributed by atoms with van der Waals surface area (Å²) in [6.45, 7) is 1.99. The van der Waals surface area contributed by atoms with Crippen molar-refractivity contribution in [1.82, 2.24) is 20.5 Å². The van der Waals surface area contributed by atoms with Crippen LogP contribution in [0.15, 0.2) is 30.5 Å². The summed E-state index contributed by atoms with van der Waals surface area (Å²) in [5.74, 6) is -0.562. The second-order valence-electron chi connectivity index (χ2n) is 9.41. The topological polar surface area (TPSA) is 83.6 Å². The lowest BCUT2D eigenvalue weighted by atomic mass is 9.86. The van der Waals surface area contributed by atoms with Crippen molar-refractivity contribution >= 4 is 23.2 Å². The first kappa shape index (κ1) is 26.6. The Kier molecular flexibility index (Phi) is 8.63. The van der Waals surface area contributed by atoms with Crippen molar-refractivity contribution in [3.8, 4) is 0 Å². The number of benzene rings is 1. The van der Waals surface area contributed by atoms with Gasteiger partial charge < -0.3 is 15.4 Å². The van der Waals surface area contributed by atoms with Gasteiger partial charge >= 0.3 is 6.18 Å². The summed E-state index contributed by atoms with van der Waals surface area (Å²) in [5, 5.41) is 6.55. The highest BCUT2D eigenvalue weighted by Gasteiger charge is 2.33. The fourth-order valence-corrected chi connectivity index (χ4v) is 6.08. The van der Waals surface area contributed by atoms with Crippen LogP contribution in [0.2, 0.25) is 0 Å². The number of hydrogen-bond acceptors (Lipinski definition) is 6. The number of thiazole rings is 1. The van der Waals surface area contributed by atoms with E-state index in [0.717, 1.165) is 62.2 Å². The fourth-order valence-electron chi connectivity index (χ4n) is 5.02. The van der Waals surface area contributed by atoms with Crippen LogP contribution >= 0.6 is 11.3 Å². The molecule has 11 heteroatoms. The standard InChI is InChI=1S/C25H31F3N4O3S/c1-35-15-21-12-30-24(36-21)16-5-7-20(8-6-16)32-10-9-19(14-32)31-22(33)13-29-23(34)17-3-2-4-18(11-17)25(26,27)28/h2-4,11-12,16,19-20H,5-10,13-15H2,1H3,(H,29,34)(H,31,33)/t16?,19-,20?/m1/s1. The molecular formula is C25H31F3N4O3S. The molecule has 0 radical (unpaired) electrons. The van der Waals surface area contributed by atoms with E-state index in [0.29, 0.717) is 18.6 Å². The molecular weight excluding hydrogens is 493 g/mol. The van der Waals surface area contributed by atoms with Crippen LogP contribution in [0.4, 0.5) is 13.2 Å². The van der Waals surface area contributed by atoms with Gasteiger partial charge in [-0.25, -0.2) is 4.98 Å². The number of likely N-dealkylation sites (tertiary alicyclic amines) is 1. The number of ether oxygens (including phenoxy) is 1. The van der Waals surface area contributed by atoms with Crippen molar-refractivity contribution < 1.29 is 27.5 Å². The van der Waals surface area contributed by atoms with Crippen LogP contribution < -0.4 is 10.6 Å². The van der Waals surface area contributed by atoms with Gasteiger partial charge in [0.2, 0.25) is 5.91 Å². The summed E-state index contributed by atoms with van der Waals surface area (Å²) in [6, 6.07) is 4.63. The number of amides is 2. The van der Waals surface area contributed by atoms with Crippen molar-refractivity contribution in [3.63, 3.8) is 0 Å². The minimum absolute atomic E-state index is 0.00347. The molecule has 1 atom stereocenters. The number of hydrogen-bond donors (Lipinski definition) is 2. The summed E-state index contributed by atoms with van der Waals surface area (Å²) in [4.78, 5) is 32.7. The van der Waals surface area contributed by atoms with E-state index in [1.54, 1.807) is 18.4 Å². The Morgan fingerprint density at radius 1 is 1.19 bits per heavy atom. The van der Waals surface area contributed by atoms with Gasteiger partial charge in [0.1, 0.15) is 0 Å². The molecule has 2 aromatic rings. The molecule has 0 bridgehead atoms. The van der Waals surface area contributed by atoms with E-state index in [9.17, 15) is 22.8 Å².